The second kappa shape index (κ2) is 9.28. The van der Waals surface area contributed by atoms with Crippen LogP contribution in [0.2, 0.25) is 0 Å². The standard InChI is InChI=1S/C23H28N2O6S/c1-14-5-6-18(9-15(14)2)23(28)24-11-22(27)31-12-21(26)20-10-16(3)25(17(20)4)19-7-8-32(29,30)13-19/h5-6,9-10,19H,7-8,11-13H2,1-4H3,(H,24,28). The first-order valence-electron chi connectivity index (χ1n) is 10.4. The molecule has 1 atom stereocenters. The summed E-state index contributed by atoms with van der Waals surface area (Å²) in [5.41, 5.74) is 4.33. The SMILES string of the molecule is Cc1ccc(C(=O)NCC(=O)OCC(=O)c2cc(C)n(C3CCS(=O)(=O)C3)c2C)cc1C. The van der Waals surface area contributed by atoms with Crippen LogP contribution in [-0.4, -0.2) is 55.3 Å². The lowest BCUT2D eigenvalue weighted by Gasteiger charge is -2.16. The molecule has 172 valence electrons. The van der Waals surface area contributed by atoms with Crippen molar-refractivity contribution in [3.05, 3.63) is 57.9 Å². The van der Waals surface area contributed by atoms with Gasteiger partial charge in [0.15, 0.2) is 16.4 Å². The van der Waals surface area contributed by atoms with Gasteiger partial charge in [-0.05, 0) is 63.4 Å². The summed E-state index contributed by atoms with van der Waals surface area (Å²) in [7, 11) is -3.06. The maximum Gasteiger partial charge on any atom is 0.325 e. The lowest BCUT2D eigenvalue weighted by Crippen LogP contribution is -2.31. The van der Waals surface area contributed by atoms with Crippen LogP contribution >= 0.6 is 0 Å². The fraction of sp³-hybridized carbons (Fsp3) is 0.435. The highest BCUT2D eigenvalue weighted by molar-refractivity contribution is 7.91. The number of carbonyl (C=O) groups excluding carboxylic acids is 3. The zero-order valence-electron chi connectivity index (χ0n) is 18.7. The molecule has 1 aromatic carbocycles. The largest absolute Gasteiger partial charge is 0.456 e. The molecular formula is C23H28N2O6S. The number of rotatable bonds is 7. The van der Waals surface area contributed by atoms with E-state index in [1.54, 1.807) is 25.1 Å². The minimum absolute atomic E-state index is 0.0617. The van der Waals surface area contributed by atoms with Gasteiger partial charge in [-0.2, -0.15) is 0 Å². The first-order valence-corrected chi connectivity index (χ1v) is 12.2. The second-order valence-electron chi connectivity index (χ2n) is 8.28. The number of amides is 1. The van der Waals surface area contributed by atoms with Crippen LogP contribution in [0.4, 0.5) is 0 Å². The van der Waals surface area contributed by atoms with E-state index >= 15 is 0 Å². The Morgan fingerprint density at radius 2 is 1.81 bits per heavy atom. The zero-order valence-corrected chi connectivity index (χ0v) is 19.5. The summed E-state index contributed by atoms with van der Waals surface area (Å²) in [5, 5.41) is 2.49. The Hall–Kier alpha value is -2.94. The number of ketones is 1. The molecule has 1 aliphatic rings. The van der Waals surface area contributed by atoms with E-state index in [0.29, 0.717) is 23.2 Å². The van der Waals surface area contributed by atoms with Gasteiger partial charge in [-0.3, -0.25) is 14.4 Å². The van der Waals surface area contributed by atoms with Crippen LogP contribution in [0.3, 0.4) is 0 Å². The molecule has 1 unspecified atom stereocenters. The van der Waals surface area contributed by atoms with E-state index in [4.69, 9.17) is 4.74 Å². The Labute approximate surface area is 187 Å². The van der Waals surface area contributed by atoms with Gasteiger partial charge < -0.3 is 14.6 Å². The van der Waals surface area contributed by atoms with Gasteiger partial charge in [0.05, 0.1) is 11.5 Å². The Balaban J connectivity index is 1.55. The first kappa shape index (κ1) is 23.7. The summed E-state index contributed by atoms with van der Waals surface area (Å²) in [5.74, 6) is -1.29. The van der Waals surface area contributed by atoms with Gasteiger partial charge in [0, 0.05) is 28.6 Å². The number of hydrogen-bond acceptors (Lipinski definition) is 6. The van der Waals surface area contributed by atoms with Crippen LogP contribution in [0.15, 0.2) is 24.3 Å². The number of hydrogen-bond donors (Lipinski definition) is 1. The number of esters is 1. The maximum absolute atomic E-state index is 12.6. The number of carbonyl (C=O) groups is 3. The molecule has 2 heterocycles. The van der Waals surface area contributed by atoms with E-state index in [0.717, 1.165) is 16.8 Å². The van der Waals surface area contributed by atoms with E-state index in [2.05, 4.69) is 5.32 Å². The molecule has 32 heavy (non-hydrogen) atoms. The van der Waals surface area contributed by atoms with Crippen molar-refractivity contribution in [2.45, 2.75) is 40.2 Å². The maximum atomic E-state index is 12.6. The Bertz CT molecular complexity index is 1180. The average molecular weight is 461 g/mol. The smallest absolute Gasteiger partial charge is 0.325 e. The fourth-order valence-corrected chi connectivity index (χ4v) is 5.71. The van der Waals surface area contributed by atoms with E-state index in [1.807, 2.05) is 31.4 Å². The summed E-state index contributed by atoms with van der Waals surface area (Å²) in [6, 6.07) is 6.75. The van der Waals surface area contributed by atoms with E-state index in [1.165, 1.54) is 0 Å². The predicted molar refractivity (Wildman–Crippen MR) is 120 cm³/mol. The van der Waals surface area contributed by atoms with Gasteiger partial charge in [-0.1, -0.05) is 6.07 Å². The topological polar surface area (TPSA) is 112 Å². The Morgan fingerprint density at radius 3 is 2.44 bits per heavy atom. The van der Waals surface area contributed by atoms with Crippen LogP contribution in [-0.2, 0) is 19.4 Å². The molecule has 1 N–H and O–H groups in total. The van der Waals surface area contributed by atoms with Gasteiger partial charge in [0.2, 0.25) is 5.78 Å². The van der Waals surface area contributed by atoms with Crippen molar-refractivity contribution in [2.24, 2.45) is 0 Å². The molecule has 0 spiro atoms. The molecule has 0 radical (unpaired) electrons. The number of Topliss-reactive ketones (excluding diaryl/α,β-unsaturated/α-hetero) is 1. The predicted octanol–water partition coefficient (Wildman–Crippen LogP) is 2.24. The monoisotopic (exact) mass is 460 g/mol. The highest BCUT2D eigenvalue weighted by Gasteiger charge is 2.31. The summed E-state index contributed by atoms with van der Waals surface area (Å²) in [6.07, 6.45) is 0.515. The lowest BCUT2D eigenvalue weighted by atomic mass is 10.1. The number of benzene rings is 1. The summed E-state index contributed by atoms with van der Waals surface area (Å²) in [4.78, 5) is 36.8. The van der Waals surface area contributed by atoms with Crippen LogP contribution < -0.4 is 5.32 Å². The van der Waals surface area contributed by atoms with E-state index < -0.39 is 28.3 Å². The van der Waals surface area contributed by atoms with Gasteiger partial charge in [-0.15, -0.1) is 0 Å². The molecule has 2 aromatic rings. The number of sulfone groups is 1. The van der Waals surface area contributed by atoms with Gasteiger partial charge >= 0.3 is 5.97 Å². The van der Waals surface area contributed by atoms with Crippen LogP contribution in [0, 0.1) is 27.7 Å². The molecule has 8 nitrogen and oxygen atoms in total. The fourth-order valence-electron chi connectivity index (χ4n) is 4.01. The van der Waals surface area contributed by atoms with Crippen molar-refractivity contribution in [1.82, 2.24) is 9.88 Å². The second-order valence-corrected chi connectivity index (χ2v) is 10.5. The van der Waals surface area contributed by atoms with Crippen LogP contribution in [0.1, 0.15) is 55.7 Å². The highest BCUT2D eigenvalue weighted by Crippen LogP contribution is 2.29. The van der Waals surface area contributed by atoms with Crippen molar-refractivity contribution >= 4 is 27.5 Å². The molecule has 0 aliphatic carbocycles. The third-order valence-corrected chi connectivity index (χ3v) is 7.64. The number of aryl methyl sites for hydroxylation is 3. The molecule has 3 rings (SSSR count). The average Bonchev–Trinajstić information content (AvgIpc) is 3.23. The molecule has 1 saturated heterocycles. The zero-order chi connectivity index (χ0) is 23.6. The third kappa shape index (κ3) is 5.27. The summed E-state index contributed by atoms with van der Waals surface area (Å²) < 4.78 is 30.6. The number of aromatic nitrogens is 1. The molecule has 0 saturated carbocycles. The van der Waals surface area contributed by atoms with Gasteiger partial charge in [-0.25, -0.2) is 8.42 Å². The number of nitrogens with zero attached hydrogens (tertiary/aromatic N) is 1. The molecule has 0 bridgehead atoms. The van der Waals surface area contributed by atoms with E-state index in [-0.39, 0.29) is 29.9 Å². The normalized spacial score (nSPS) is 17.2. The lowest BCUT2D eigenvalue weighted by molar-refractivity contribution is -0.141. The van der Waals surface area contributed by atoms with E-state index in [9.17, 15) is 22.8 Å². The minimum Gasteiger partial charge on any atom is -0.456 e. The minimum atomic E-state index is -3.06. The quantitative estimate of drug-likeness (QED) is 0.501. The van der Waals surface area contributed by atoms with Crippen LogP contribution in [0.5, 0.6) is 0 Å². The first-order chi connectivity index (χ1) is 15.0. The molecule has 9 heteroatoms. The number of ether oxygens (including phenoxy) is 1. The molecular weight excluding hydrogens is 432 g/mol. The third-order valence-electron chi connectivity index (χ3n) is 5.88. The summed E-state index contributed by atoms with van der Waals surface area (Å²) >= 11 is 0. The van der Waals surface area contributed by atoms with Crippen molar-refractivity contribution in [3.63, 3.8) is 0 Å². The van der Waals surface area contributed by atoms with Crippen molar-refractivity contribution in [2.75, 3.05) is 24.7 Å². The van der Waals surface area contributed by atoms with Gasteiger partial charge in [0.25, 0.3) is 5.91 Å². The Morgan fingerprint density at radius 1 is 1.09 bits per heavy atom. The van der Waals surface area contributed by atoms with Crippen molar-refractivity contribution in [1.29, 1.82) is 0 Å². The van der Waals surface area contributed by atoms with Crippen molar-refractivity contribution < 1.29 is 27.5 Å². The number of nitrogens with one attached hydrogen (secondary N) is 1. The Kier molecular flexibility index (Phi) is 6.88. The van der Waals surface area contributed by atoms with Crippen LogP contribution in [0.25, 0.3) is 0 Å². The van der Waals surface area contributed by atoms with Gasteiger partial charge in [0.1, 0.15) is 6.54 Å². The van der Waals surface area contributed by atoms with Crippen molar-refractivity contribution in [3.8, 4) is 0 Å². The molecule has 1 fully saturated rings. The molecule has 1 aromatic heterocycles. The summed E-state index contributed by atoms with van der Waals surface area (Å²) in [6.45, 7) is 6.62. The molecule has 1 aliphatic heterocycles. The molecule has 1 amide bonds. The highest BCUT2D eigenvalue weighted by atomic mass is 32.2.